The van der Waals surface area contributed by atoms with E-state index in [9.17, 15) is 4.79 Å². The van der Waals surface area contributed by atoms with E-state index < -0.39 is 5.54 Å². The van der Waals surface area contributed by atoms with Gasteiger partial charge in [0.1, 0.15) is 5.54 Å². The lowest BCUT2D eigenvalue weighted by Gasteiger charge is -2.41. The van der Waals surface area contributed by atoms with Gasteiger partial charge in [-0.25, -0.2) is 4.98 Å². The summed E-state index contributed by atoms with van der Waals surface area (Å²) in [4.78, 5) is 36.3. The first-order valence-electron chi connectivity index (χ1n) is 10.6. The molecule has 3 rings (SSSR count). The standard InChI is InChI=1S/C21H30N4O2.2CH2O2/c1-17-12-18(2)14-19(13-17)15-24-8-4-21(5-9-24,25-10-6-22-16-25)20(26)23-7-11-27-3;2*2-1-3/h6,10,12-14,16H,4-5,7-9,11,15H2,1-3H3,(H,23,26);2*1H,(H,2,3). The molecule has 1 amide bonds. The fourth-order valence-corrected chi connectivity index (χ4v) is 4.05. The minimum atomic E-state index is -0.566. The Hall–Kier alpha value is -3.24. The summed E-state index contributed by atoms with van der Waals surface area (Å²) in [5.41, 5.74) is 3.37. The van der Waals surface area contributed by atoms with Crippen LogP contribution in [0.15, 0.2) is 36.9 Å². The van der Waals surface area contributed by atoms with Crippen molar-refractivity contribution in [2.75, 3.05) is 33.4 Å². The van der Waals surface area contributed by atoms with Gasteiger partial charge in [-0.15, -0.1) is 0 Å². The number of aryl methyl sites for hydroxylation is 2. The molecule has 182 valence electrons. The fourth-order valence-electron chi connectivity index (χ4n) is 4.05. The molecule has 0 saturated carbocycles. The topological polar surface area (TPSA) is 134 Å². The molecule has 0 aliphatic carbocycles. The number of nitrogens with zero attached hydrogens (tertiary/aromatic N) is 3. The predicted molar refractivity (Wildman–Crippen MR) is 123 cm³/mol. The Kier molecular flexibility index (Phi) is 12.4. The second kappa shape index (κ2) is 14.8. The van der Waals surface area contributed by atoms with E-state index in [1.54, 1.807) is 19.6 Å². The van der Waals surface area contributed by atoms with Crippen molar-refractivity contribution in [3.8, 4) is 0 Å². The first kappa shape index (κ1) is 27.8. The molecular formula is C23H34N4O6. The molecule has 1 fully saturated rings. The maximum atomic E-state index is 13.0. The molecule has 10 heteroatoms. The summed E-state index contributed by atoms with van der Waals surface area (Å²) in [6.45, 7) is 7.50. The van der Waals surface area contributed by atoms with Crippen molar-refractivity contribution >= 4 is 18.9 Å². The molecule has 0 spiro atoms. The molecular weight excluding hydrogens is 428 g/mol. The SMILES string of the molecule is COCCNC(=O)C1(n2ccnc2)CCN(Cc2cc(C)cc(C)c2)CC1.O=CO.O=CO. The number of carbonyl (C=O) groups is 3. The largest absolute Gasteiger partial charge is 0.483 e. The van der Waals surface area contributed by atoms with Gasteiger partial charge in [0.15, 0.2) is 0 Å². The van der Waals surface area contributed by atoms with Crippen LogP contribution in [0.5, 0.6) is 0 Å². The van der Waals surface area contributed by atoms with E-state index >= 15 is 0 Å². The second-order valence-electron chi connectivity index (χ2n) is 7.73. The van der Waals surface area contributed by atoms with E-state index in [2.05, 4.69) is 47.2 Å². The van der Waals surface area contributed by atoms with Crippen LogP contribution in [-0.2, 0) is 31.2 Å². The number of aromatic nitrogens is 2. The Morgan fingerprint density at radius 1 is 1.15 bits per heavy atom. The van der Waals surface area contributed by atoms with E-state index in [0.717, 1.165) is 32.5 Å². The molecule has 3 N–H and O–H groups in total. The van der Waals surface area contributed by atoms with Gasteiger partial charge in [0, 0.05) is 45.7 Å². The molecule has 33 heavy (non-hydrogen) atoms. The van der Waals surface area contributed by atoms with E-state index in [1.165, 1.54) is 16.7 Å². The van der Waals surface area contributed by atoms with Gasteiger partial charge in [0.25, 0.3) is 12.9 Å². The number of carboxylic acid groups (broad SMARTS) is 2. The van der Waals surface area contributed by atoms with Gasteiger partial charge in [-0.1, -0.05) is 29.3 Å². The van der Waals surface area contributed by atoms with E-state index in [4.69, 9.17) is 24.5 Å². The normalized spacial score (nSPS) is 14.6. The van der Waals surface area contributed by atoms with Crippen molar-refractivity contribution in [2.45, 2.75) is 38.8 Å². The monoisotopic (exact) mass is 462 g/mol. The lowest BCUT2D eigenvalue weighted by atomic mass is 9.85. The van der Waals surface area contributed by atoms with Gasteiger partial charge in [-0.2, -0.15) is 0 Å². The van der Waals surface area contributed by atoms with Gasteiger partial charge >= 0.3 is 0 Å². The van der Waals surface area contributed by atoms with Gasteiger partial charge in [-0.05, 0) is 32.3 Å². The number of imidazole rings is 1. The number of ether oxygens (including phenoxy) is 1. The van der Waals surface area contributed by atoms with Crippen LogP contribution in [-0.4, -0.2) is 76.9 Å². The van der Waals surface area contributed by atoms with Crippen molar-refractivity contribution in [1.82, 2.24) is 19.8 Å². The van der Waals surface area contributed by atoms with E-state index in [0.29, 0.717) is 13.2 Å². The molecule has 10 nitrogen and oxygen atoms in total. The number of methoxy groups -OCH3 is 1. The van der Waals surface area contributed by atoms with Crippen molar-refractivity contribution in [1.29, 1.82) is 0 Å². The van der Waals surface area contributed by atoms with Crippen molar-refractivity contribution in [3.63, 3.8) is 0 Å². The van der Waals surface area contributed by atoms with Crippen LogP contribution in [0.2, 0.25) is 0 Å². The average molecular weight is 463 g/mol. The highest BCUT2D eigenvalue weighted by Crippen LogP contribution is 2.31. The predicted octanol–water partition coefficient (Wildman–Crippen LogP) is 1.66. The maximum Gasteiger partial charge on any atom is 0.290 e. The van der Waals surface area contributed by atoms with Crippen LogP contribution in [0.25, 0.3) is 0 Å². The summed E-state index contributed by atoms with van der Waals surface area (Å²) in [7, 11) is 1.64. The summed E-state index contributed by atoms with van der Waals surface area (Å²) in [5, 5.41) is 16.8. The van der Waals surface area contributed by atoms with Gasteiger partial charge in [0.05, 0.1) is 12.9 Å². The third-order valence-corrected chi connectivity index (χ3v) is 5.38. The van der Waals surface area contributed by atoms with Crippen LogP contribution < -0.4 is 5.32 Å². The Morgan fingerprint density at radius 2 is 1.73 bits per heavy atom. The summed E-state index contributed by atoms with van der Waals surface area (Å²) in [6.07, 6.45) is 6.94. The van der Waals surface area contributed by atoms with E-state index in [-0.39, 0.29) is 18.9 Å². The molecule has 2 heterocycles. The number of nitrogens with one attached hydrogen (secondary N) is 1. The quantitative estimate of drug-likeness (QED) is 0.418. The summed E-state index contributed by atoms with van der Waals surface area (Å²) in [6, 6.07) is 6.71. The highest BCUT2D eigenvalue weighted by atomic mass is 16.5. The zero-order valence-electron chi connectivity index (χ0n) is 19.4. The average Bonchev–Trinajstić information content (AvgIpc) is 3.30. The number of hydrogen-bond acceptors (Lipinski definition) is 6. The number of rotatable bonds is 7. The Bertz CT molecular complexity index is 822. The van der Waals surface area contributed by atoms with Gasteiger partial charge in [-0.3, -0.25) is 19.3 Å². The highest BCUT2D eigenvalue weighted by molar-refractivity contribution is 5.84. The first-order valence-corrected chi connectivity index (χ1v) is 10.6. The summed E-state index contributed by atoms with van der Waals surface area (Å²) >= 11 is 0. The highest BCUT2D eigenvalue weighted by Gasteiger charge is 2.42. The third-order valence-electron chi connectivity index (χ3n) is 5.38. The van der Waals surface area contributed by atoms with Crippen molar-refractivity contribution in [3.05, 3.63) is 53.6 Å². The lowest BCUT2D eigenvalue weighted by Crippen LogP contribution is -2.55. The van der Waals surface area contributed by atoms with Crippen LogP contribution in [0.4, 0.5) is 0 Å². The Balaban J connectivity index is 0.000000819. The first-order chi connectivity index (χ1) is 15.9. The number of benzene rings is 1. The van der Waals surface area contributed by atoms with Crippen LogP contribution in [0.3, 0.4) is 0 Å². The minimum Gasteiger partial charge on any atom is -0.483 e. The second-order valence-corrected chi connectivity index (χ2v) is 7.73. The molecule has 0 radical (unpaired) electrons. The van der Waals surface area contributed by atoms with E-state index in [1.807, 2.05) is 10.8 Å². The van der Waals surface area contributed by atoms with Crippen molar-refractivity contribution in [2.24, 2.45) is 0 Å². The Labute approximate surface area is 194 Å². The third kappa shape index (κ3) is 8.66. The smallest absolute Gasteiger partial charge is 0.290 e. The Morgan fingerprint density at radius 3 is 2.21 bits per heavy atom. The molecule has 2 aromatic rings. The minimum absolute atomic E-state index is 0.0589. The maximum absolute atomic E-state index is 13.0. The number of piperidine rings is 1. The molecule has 1 aromatic carbocycles. The van der Waals surface area contributed by atoms with Crippen LogP contribution >= 0.6 is 0 Å². The lowest BCUT2D eigenvalue weighted by molar-refractivity contribution is -0.133. The molecule has 1 aliphatic rings. The number of likely N-dealkylation sites (tertiary alicyclic amines) is 1. The van der Waals surface area contributed by atoms with Gasteiger partial charge < -0.3 is 24.8 Å². The summed E-state index contributed by atoms with van der Waals surface area (Å²) < 4.78 is 7.04. The molecule has 1 aromatic heterocycles. The zero-order valence-corrected chi connectivity index (χ0v) is 19.4. The fraction of sp³-hybridized carbons (Fsp3) is 0.478. The summed E-state index contributed by atoms with van der Waals surface area (Å²) in [5.74, 6) is 0.0589. The molecule has 0 unspecified atom stereocenters. The van der Waals surface area contributed by atoms with Gasteiger partial charge in [0.2, 0.25) is 5.91 Å². The molecule has 0 bridgehead atoms. The molecule has 1 aliphatic heterocycles. The molecule has 0 atom stereocenters. The molecule has 1 saturated heterocycles. The van der Waals surface area contributed by atoms with Crippen LogP contribution in [0, 0.1) is 13.8 Å². The number of hydrogen-bond donors (Lipinski definition) is 3. The number of carbonyl (C=O) groups excluding carboxylic acids is 1. The van der Waals surface area contributed by atoms with Crippen molar-refractivity contribution < 1.29 is 29.3 Å². The zero-order chi connectivity index (χ0) is 24.7. The van der Waals surface area contributed by atoms with Crippen LogP contribution in [0.1, 0.15) is 29.5 Å². The number of amides is 1.